The minimum Gasteiger partial charge on any atom is -0.355 e. The lowest BCUT2D eigenvalue weighted by molar-refractivity contribution is -0.00514. The second-order valence-corrected chi connectivity index (χ2v) is 10.2. The fraction of sp³-hybridized carbons (Fsp3) is 0.192. The molecule has 1 saturated heterocycles. The monoisotopic (exact) mass is 553 g/mol. The average Bonchev–Trinajstić information content (AvgIpc) is 2.95. The quantitative estimate of drug-likeness (QED) is 0.215. The van der Waals surface area contributed by atoms with E-state index >= 15 is 0 Å². The number of nitrogens with one attached hydrogen (secondary N) is 4. The molecule has 4 N–H and O–H groups in total. The van der Waals surface area contributed by atoms with Crippen LogP contribution >= 0.6 is 11.6 Å². The van der Waals surface area contributed by atoms with Gasteiger partial charge in [0.1, 0.15) is 6.33 Å². The Labute approximate surface area is 226 Å². The van der Waals surface area contributed by atoms with Crippen LogP contribution in [0.25, 0.3) is 11.4 Å². The van der Waals surface area contributed by atoms with Gasteiger partial charge in [-0.1, -0.05) is 35.9 Å². The van der Waals surface area contributed by atoms with Gasteiger partial charge in [0.05, 0.1) is 15.6 Å². The summed E-state index contributed by atoms with van der Waals surface area (Å²) in [6.45, 7) is 1.88. The van der Waals surface area contributed by atoms with Crippen LogP contribution in [0, 0.1) is 0 Å². The minimum absolute atomic E-state index is 0.138. The first-order valence-corrected chi connectivity index (χ1v) is 13.5. The third-order valence-corrected chi connectivity index (χ3v) is 7.56. The van der Waals surface area contributed by atoms with Crippen LogP contribution in [-0.4, -0.2) is 38.3 Å². The molecule has 1 aliphatic rings. The third kappa shape index (κ3) is 6.18. The Morgan fingerprint density at radius 3 is 2.71 bits per heavy atom. The Hall–Kier alpha value is -3.80. The van der Waals surface area contributed by atoms with Gasteiger partial charge in [-0.3, -0.25) is 9.66 Å². The zero-order valence-corrected chi connectivity index (χ0v) is 21.7. The summed E-state index contributed by atoms with van der Waals surface area (Å²) in [5, 5.41) is 10.3. The molecular formula is C26H25ClFN7O2S. The van der Waals surface area contributed by atoms with Crippen molar-refractivity contribution in [3.05, 3.63) is 78.1 Å². The normalized spacial score (nSPS) is 15.9. The maximum absolute atomic E-state index is 13.5. The van der Waals surface area contributed by atoms with Crippen molar-refractivity contribution in [2.75, 3.05) is 28.4 Å². The summed E-state index contributed by atoms with van der Waals surface area (Å²) in [4.78, 5) is 17.7. The number of rotatable bonds is 9. The number of piperidine rings is 1. The van der Waals surface area contributed by atoms with Crippen LogP contribution in [0.2, 0.25) is 5.02 Å². The highest BCUT2D eigenvalue weighted by atomic mass is 35.5. The number of nitrogens with zero attached hydrogens (tertiary/aromatic N) is 3. The second kappa shape index (κ2) is 12.2. The molecule has 2 atom stereocenters. The molecule has 0 radical (unpaired) electrons. The molecule has 1 aromatic heterocycles. The maximum atomic E-state index is 13.5. The highest BCUT2D eigenvalue weighted by Crippen LogP contribution is 2.34. The largest absolute Gasteiger partial charge is 0.355 e. The van der Waals surface area contributed by atoms with Crippen molar-refractivity contribution in [1.29, 1.82) is 0 Å². The van der Waals surface area contributed by atoms with Gasteiger partial charge in [0.25, 0.3) is 0 Å². The van der Waals surface area contributed by atoms with Crippen LogP contribution in [0.5, 0.6) is 5.75 Å². The SMILES string of the molecule is O=S(Nc1ccc(Nc2ccccc2-c2ncnc(NC3CCCNC3)n2)cc1OF)c1ccccc1Cl. The van der Waals surface area contributed by atoms with Gasteiger partial charge in [-0.15, -0.1) is 0 Å². The Morgan fingerprint density at radius 1 is 1.05 bits per heavy atom. The molecule has 38 heavy (non-hydrogen) atoms. The van der Waals surface area contributed by atoms with E-state index in [0.29, 0.717) is 33.1 Å². The number of aromatic nitrogens is 3. The highest BCUT2D eigenvalue weighted by Gasteiger charge is 2.16. The van der Waals surface area contributed by atoms with E-state index in [2.05, 4.69) is 40.6 Å². The lowest BCUT2D eigenvalue weighted by Crippen LogP contribution is -2.38. The van der Waals surface area contributed by atoms with Gasteiger partial charge in [0.15, 0.2) is 22.6 Å². The molecular weight excluding hydrogens is 529 g/mol. The van der Waals surface area contributed by atoms with Crippen LogP contribution in [0.4, 0.5) is 27.5 Å². The van der Waals surface area contributed by atoms with Gasteiger partial charge in [-0.05, 0) is 55.8 Å². The molecule has 4 aromatic rings. The van der Waals surface area contributed by atoms with Crippen LogP contribution in [0.3, 0.4) is 0 Å². The summed E-state index contributed by atoms with van der Waals surface area (Å²) in [5.41, 5.74) is 2.19. The molecule has 1 aliphatic heterocycles. The summed E-state index contributed by atoms with van der Waals surface area (Å²) in [6.07, 6.45) is 3.62. The number of anilines is 4. The van der Waals surface area contributed by atoms with Crippen molar-refractivity contribution in [1.82, 2.24) is 20.3 Å². The molecule has 3 aromatic carbocycles. The van der Waals surface area contributed by atoms with E-state index in [9.17, 15) is 8.74 Å². The van der Waals surface area contributed by atoms with Gasteiger partial charge in [0.2, 0.25) is 5.95 Å². The van der Waals surface area contributed by atoms with E-state index in [1.54, 1.807) is 36.4 Å². The highest BCUT2D eigenvalue weighted by molar-refractivity contribution is 7.86. The van der Waals surface area contributed by atoms with E-state index in [4.69, 9.17) is 11.6 Å². The first kappa shape index (κ1) is 25.8. The van der Waals surface area contributed by atoms with Gasteiger partial charge in [0, 0.05) is 40.1 Å². The Bertz CT molecular complexity index is 1440. The van der Waals surface area contributed by atoms with Gasteiger partial charge < -0.3 is 16.0 Å². The minimum atomic E-state index is -1.72. The first-order chi connectivity index (χ1) is 18.6. The Morgan fingerprint density at radius 2 is 1.89 bits per heavy atom. The summed E-state index contributed by atoms with van der Waals surface area (Å²) < 4.78 is 29.0. The number of hydrogen-bond acceptors (Lipinski definition) is 8. The summed E-state index contributed by atoms with van der Waals surface area (Å²) in [7, 11) is -1.72. The molecule has 196 valence electrons. The maximum Gasteiger partial charge on any atom is 0.226 e. The molecule has 0 saturated carbocycles. The topological polar surface area (TPSA) is 113 Å². The van der Waals surface area contributed by atoms with E-state index in [-0.39, 0.29) is 17.5 Å². The van der Waals surface area contributed by atoms with E-state index in [1.165, 1.54) is 12.4 Å². The Kier molecular flexibility index (Phi) is 8.27. The predicted molar refractivity (Wildman–Crippen MR) is 148 cm³/mol. The van der Waals surface area contributed by atoms with Crippen LogP contribution < -0.4 is 25.6 Å². The van der Waals surface area contributed by atoms with Crippen LogP contribution in [-0.2, 0) is 11.0 Å². The van der Waals surface area contributed by atoms with Gasteiger partial charge in [-0.2, -0.15) is 4.98 Å². The second-order valence-electron chi connectivity index (χ2n) is 8.58. The number of para-hydroxylation sites is 1. The zero-order chi connectivity index (χ0) is 26.3. The molecule has 0 amide bonds. The molecule has 2 heterocycles. The smallest absolute Gasteiger partial charge is 0.226 e. The summed E-state index contributed by atoms with van der Waals surface area (Å²) in [6, 6.07) is 19.2. The van der Waals surface area contributed by atoms with Crippen LogP contribution in [0.15, 0.2) is 78.0 Å². The molecule has 2 unspecified atom stereocenters. The zero-order valence-electron chi connectivity index (χ0n) is 20.2. The third-order valence-electron chi connectivity index (χ3n) is 5.95. The van der Waals surface area contributed by atoms with Crippen molar-refractivity contribution >= 4 is 45.6 Å². The van der Waals surface area contributed by atoms with E-state index < -0.39 is 11.0 Å². The lowest BCUT2D eigenvalue weighted by atomic mass is 10.1. The van der Waals surface area contributed by atoms with Crippen molar-refractivity contribution in [3.63, 3.8) is 0 Å². The summed E-state index contributed by atoms with van der Waals surface area (Å²) >= 11 is 6.13. The predicted octanol–water partition coefficient (Wildman–Crippen LogP) is 5.50. The molecule has 12 heteroatoms. The molecule has 0 aliphatic carbocycles. The van der Waals surface area contributed by atoms with Gasteiger partial charge in [-0.25, -0.2) is 14.2 Å². The number of benzene rings is 3. The van der Waals surface area contributed by atoms with E-state index in [0.717, 1.165) is 31.5 Å². The van der Waals surface area contributed by atoms with Crippen molar-refractivity contribution in [3.8, 4) is 17.1 Å². The van der Waals surface area contributed by atoms with Crippen LogP contribution in [0.1, 0.15) is 12.8 Å². The van der Waals surface area contributed by atoms with Crippen molar-refractivity contribution < 1.29 is 13.7 Å². The Balaban J connectivity index is 1.35. The van der Waals surface area contributed by atoms with E-state index in [1.807, 2.05) is 24.3 Å². The molecule has 0 bridgehead atoms. The lowest BCUT2D eigenvalue weighted by Gasteiger charge is -2.23. The van der Waals surface area contributed by atoms with Crippen molar-refractivity contribution in [2.24, 2.45) is 0 Å². The summed E-state index contributed by atoms with van der Waals surface area (Å²) in [5.74, 6) is 0.860. The molecule has 0 spiro atoms. The molecule has 1 fully saturated rings. The molecule has 9 nitrogen and oxygen atoms in total. The number of halogens is 2. The number of hydrogen-bond donors (Lipinski definition) is 4. The fourth-order valence-corrected chi connectivity index (χ4v) is 5.37. The van der Waals surface area contributed by atoms with Gasteiger partial charge >= 0.3 is 0 Å². The molecule has 5 rings (SSSR count). The average molecular weight is 554 g/mol. The standard InChI is InChI=1S/C26H25ClFN7O2S/c27-20-8-2-4-10-24(20)38(36)35-22-12-11-17(14-23(22)37-28)32-21-9-3-1-7-19(21)25-30-16-31-26(34-25)33-18-6-5-13-29-15-18/h1-4,7-12,14,16,18,29,32,35H,5-6,13,15H2,(H,30,31,33,34). The van der Waals surface area contributed by atoms with Crippen molar-refractivity contribution in [2.45, 2.75) is 23.8 Å². The first-order valence-electron chi connectivity index (χ1n) is 12.0. The fourth-order valence-electron chi connectivity index (χ4n) is 4.09.